The molecule has 0 radical (unpaired) electrons. The Hall–Kier alpha value is -2.04. The number of nitrogens with one attached hydrogen (secondary N) is 1. The number of aromatic carboxylic acids is 1. The maximum atomic E-state index is 11.4. The molecule has 0 bridgehead atoms. The molecular weight excluding hydrogens is 256 g/mol. The van der Waals surface area contributed by atoms with Gasteiger partial charge in [0.1, 0.15) is 0 Å². The highest BCUT2D eigenvalue weighted by atomic mass is 16.4. The van der Waals surface area contributed by atoms with E-state index < -0.39 is 5.97 Å². The summed E-state index contributed by atoms with van der Waals surface area (Å²) in [6, 6.07) is 5.06. The van der Waals surface area contributed by atoms with Gasteiger partial charge in [-0.1, -0.05) is 6.92 Å². The fraction of sp³-hybridized carbons (Fsp3) is 0.467. The molecule has 1 fully saturated rings. The molecule has 0 aromatic heterocycles. The van der Waals surface area contributed by atoms with Gasteiger partial charge in [-0.05, 0) is 37.0 Å². The Balaban J connectivity index is 2.32. The summed E-state index contributed by atoms with van der Waals surface area (Å²) in [4.78, 5) is 24.6. The fourth-order valence-electron chi connectivity index (χ4n) is 2.67. The van der Waals surface area contributed by atoms with E-state index in [0.29, 0.717) is 11.6 Å². The Morgan fingerprint density at radius 2 is 2.15 bits per heavy atom. The first-order chi connectivity index (χ1) is 9.47. The van der Waals surface area contributed by atoms with Crippen molar-refractivity contribution >= 4 is 23.3 Å². The van der Waals surface area contributed by atoms with Crippen LogP contribution < -0.4 is 10.2 Å². The average molecular weight is 276 g/mol. The molecule has 1 atom stereocenters. The molecule has 1 aromatic rings. The van der Waals surface area contributed by atoms with Crippen molar-refractivity contribution in [3.8, 4) is 0 Å². The van der Waals surface area contributed by atoms with Crippen LogP contribution in [0.4, 0.5) is 11.4 Å². The number of amides is 1. The van der Waals surface area contributed by atoms with Gasteiger partial charge in [-0.25, -0.2) is 4.79 Å². The number of carbonyl (C=O) groups is 2. The predicted molar refractivity (Wildman–Crippen MR) is 78.3 cm³/mol. The van der Waals surface area contributed by atoms with E-state index in [1.165, 1.54) is 19.4 Å². The topological polar surface area (TPSA) is 69.6 Å². The number of carbonyl (C=O) groups excluding carboxylic acids is 1. The number of rotatable bonds is 3. The van der Waals surface area contributed by atoms with Crippen LogP contribution in [0.25, 0.3) is 0 Å². The molecular formula is C15H20N2O3. The number of hydrogen-bond acceptors (Lipinski definition) is 3. The first kappa shape index (κ1) is 14.4. The van der Waals surface area contributed by atoms with Gasteiger partial charge in [0.15, 0.2) is 0 Å². The minimum atomic E-state index is -0.967. The van der Waals surface area contributed by atoms with Crippen molar-refractivity contribution in [3.05, 3.63) is 23.8 Å². The van der Waals surface area contributed by atoms with E-state index in [2.05, 4.69) is 17.1 Å². The minimum Gasteiger partial charge on any atom is -0.478 e. The largest absolute Gasteiger partial charge is 0.478 e. The summed E-state index contributed by atoms with van der Waals surface area (Å²) >= 11 is 0. The molecule has 0 aliphatic carbocycles. The zero-order chi connectivity index (χ0) is 14.7. The third kappa shape index (κ3) is 3.29. The molecule has 108 valence electrons. The highest BCUT2D eigenvalue weighted by molar-refractivity contribution is 5.97. The summed E-state index contributed by atoms with van der Waals surface area (Å²) in [5.74, 6) is -0.605. The van der Waals surface area contributed by atoms with Gasteiger partial charge in [0.05, 0.1) is 11.3 Å². The number of anilines is 2. The molecule has 1 heterocycles. The Morgan fingerprint density at radius 1 is 1.40 bits per heavy atom. The first-order valence-corrected chi connectivity index (χ1v) is 6.87. The lowest BCUT2D eigenvalue weighted by Gasteiger charge is -2.33. The minimum absolute atomic E-state index is 0.208. The number of piperidine rings is 1. The Morgan fingerprint density at radius 3 is 2.75 bits per heavy atom. The van der Waals surface area contributed by atoms with Crippen molar-refractivity contribution in [2.75, 3.05) is 23.3 Å². The van der Waals surface area contributed by atoms with Crippen molar-refractivity contribution < 1.29 is 14.7 Å². The quantitative estimate of drug-likeness (QED) is 0.890. The van der Waals surface area contributed by atoms with Crippen LogP contribution in [-0.2, 0) is 4.79 Å². The number of carboxylic acids is 1. The van der Waals surface area contributed by atoms with E-state index in [9.17, 15) is 14.7 Å². The number of benzene rings is 1. The Bertz CT molecular complexity index is 528. The van der Waals surface area contributed by atoms with Gasteiger partial charge in [0, 0.05) is 25.7 Å². The molecule has 2 rings (SSSR count). The summed E-state index contributed by atoms with van der Waals surface area (Å²) in [5.41, 5.74) is 1.49. The molecule has 1 aromatic carbocycles. The van der Waals surface area contributed by atoms with E-state index in [0.717, 1.165) is 25.2 Å². The maximum absolute atomic E-state index is 11.4. The lowest BCUT2D eigenvalue weighted by atomic mass is 9.98. The molecule has 1 aliphatic rings. The van der Waals surface area contributed by atoms with Crippen LogP contribution in [0.1, 0.15) is 37.0 Å². The van der Waals surface area contributed by atoms with E-state index in [4.69, 9.17) is 0 Å². The van der Waals surface area contributed by atoms with Crippen LogP contribution in [-0.4, -0.2) is 30.1 Å². The van der Waals surface area contributed by atoms with E-state index in [1.54, 1.807) is 12.1 Å². The molecule has 5 nitrogen and oxygen atoms in total. The van der Waals surface area contributed by atoms with Crippen LogP contribution in [0.2, 0.25) is 0 Å². The summed E-state index contributed by atoms with van der Waals surface area (Å²) in [7, 11) is 0. The summed E-state index contributed by atoms with van der Waals surface area (Å²) < 4.78 is 0. The molecule has 0 spiro atoms. The summed E-state index contributed by atoms with van der Waals surface area (Å²) in [6.07, 6.45) is 2.26. The van der Waals surface area contributed by atoms with Crippen molar-refractivity contribution in [1.82, 2.24) is 0 Å². The van der Waals surface area contributed by atoms with Crippen molar-refractivity contribution in [2.24, 2.45) is 5.92 Å². The molecule has 1 saturated heterocycles. The van der Waals surface area contributed by atoms with Crippen molar-refractivity contribution in [3.63, 3.8) is 0 Å². The standard InChI is InChI=1S/C15H20N2O3/c1-10-4-3-7-17(9-10)14-6-5-12(16-11(2)18)8-13(14)15(19)20/h5-6,8,10H,3-4,7,9H2,1-2H3,(H,16,18)(H,19,20)/t10-/m1/s1. The fourth-order valence-corrected chi connectivity index (χ4v) is 2.67. The predicted octanol–water partition coefficient (Wildman–Crippen LogP) is 2.58. The van der Waals surface area contributed by atoms with Gasteiger partial charge >= 0.3 is 5.97 Å². The molecule has 0 saturated carbocycles. The molecule has 5 heteroatoms. The normalized spacial score (nSPS) is 18.7. The zero-order valence-corrected chi connectivity index (χ0v) is 11.8. The molecule has 1 amide bonds. The number of carboxylic acid groups (broad SMARTS) is 1. The highest BCUT2D eigenvalue weighted by Gasteiger charge is 2.21. The van der Waals surface area contributed by atoms with Gasteiger partial charge in [0.2, 0.25) is 5.91 Å². The van der Waals surface area contributed by atoms with Gasteiger partial charge in [-0.2, -0.15) is 0 Å². The molecule has 1 aliphatic heterocycles. The number of nitrogens with zero attached hydrogens (tertiary/aromatic N) is 1. The van der Waals surface area contributed by atoms with E-state index >= 15 is 0 Å². The average Bonchev–Trinajstić information content (AvgIpc) is 2.37. The third-order valence-corrected chi connectivity index (χ3v) is 3.55. The Kier molecular flexibility index (Phi) is 4.27. The summed E-state index contributed by atoms with van der Waals surface area (Å²) in [5, 5.41) is 12.0. The van der Waals surface area contributed by atoms with Crippen molar-refractivity contribution in [1.29, 1.82) is 0 Å². The first-order valence-electron chi connectivity index (χ1n) is 6.87. The molecule has 0 unspecified atom stereocenters. The van der Waals surface area contributed by atoms with E-state index in [1.807, 2.05) is 0 Å². The SMILES string of the molecule is CC(=O)Nc1ccc(N2CCC[C@@H](C)C2)c(C(=O)O)c1. The van der Waals surface area contributed by atoms with Crippen LogP contribution >= 0.6 is 0 Å². The van der Waals surface area contributed by atoms with Crippen LogP contribution in [0.15, 0.2) is 18.2 Å². The second kappa shape index (κ2) is 5.94. The second-order valence-electron chi connectivity index (χ2n) is 5.41. The smallest absolute Gasteiger partial charge is 0.337 e. The molecule has 2 N–H and O–H groups in total. The summed E-state index contributed by atoms with van der Waals surface area (Å²) in [6.45, 7) is 5.34. The zero-order valence-electron chi connectivity index (χ0n) is 11.8. The van der Waals surface area contributed by atoms with Crippen LogP contribution in [0, 0.1) is 5.92 Å². The molecule has 20 heavy (non-hydrogen) atoms. The van der Waals surface area contributed by atoms with Crippen LogP contribution in [0.3, 0.4) is 0 Å². The van der Waals surface area contributed by atoms with Gasteiger partial charge in [-0.15, -0.1) is 0 Å². The monoisotopic (exact) mass is 276 g/mol. The lowest BCUT2D eigenvalue weighted by molar-refractivity contribution is -0.114. The van der Waals surface area contributed by atoms with Crippen molar-refractivity contribution in [2.45, 2.75) is 26.7 Å². The third-order valence-electron chi connectivity index (χ3n) is 3.55. The van der Waals surface area contributed by atoms with E-state index in [-0.39, 0.29) is 11.5 Å². The van der Waals surface area contributed by atoms with Gasteiger partial charge in [-0.3, -0.25) is 4.79 Å². The number of hydrogen-bond donors (Lipinski definition) is 2. The van der Waals surface area contributed by atoms with Gasteiger partial charge < -0.3 is 15.3 Å². The van der Waals surface area contributed by atoms with Gasteiger partial charge in [0.25, 0.3) is 0 Å². The maximum Gasteiger partial charge on any atom is 0.337 e. The van der Waals surface area contributed by atoms with Crippen LogP contribution in [0.5, 0.6) is 0 Å². The second-order valence-corrected chi connectivity index (χ2v) is 5.41. The Labute approximate surface area is 118 Å². The lowest BCUT2D eigenvalue weighted by Crippen LogP contribution is -2.35. The highest BCUT2D eigenvalue weighted by Crippen LogP contribution is 2.28.